The Morgan fingerprint density at radius 2 is 2.00 bits per heavy atom. The number of halogens is 1. The predicted octanol–water partition coefficient (Wildman–Crippen LogP) is 1.37. The molecule has 6 nitrogen and oxygen atoms in total. The van der Waals surface area contributed by atoms with Gasteiger partial charge in [-0.15, -0.1) is 12.4 Å². The van der Waals surface area contributed by atoms with Gasteiger partial charge in [-0.05, 0) is 25.8 Å². The molecule has 0 bridgehead atoms. The van der Waals surface area contributed by atoms with Crippen LogP contribution in [0.2, 0.25) is 0 Å². The van der Waals surface area contributed by atoms with Gasteiger partial charge in [-0.1, -0.05) is 0 Å². The molecule has 2 amide bonds. The van der Waals surface area contributed by atoms with Gasteiger partial charge in [0.05, 0.1) is 11.8 Å². The molecular weight excluding hydrogens is 318 g/mol. The molecule has 0 aromatic carbocycles. The highest BCUT2D eigenvalue weighted by Gasteiger charge is 2.33. The zero-order chi connectivity index (χ0) is 15.5. The van der Waals surface area contributed by atoms with Crippen molar-refractivity contribution in [1.29, 1.82) is 0 Å². The van der Waals surface area contributed by atoms with Crippen molar-refractivity contribution in [3.8, 4) is 0 Å². The Kier molecular flexibility index (Phi) is 6.07. The summed E-state index contributed by atoms with van der Waals surface area (Å²) < 4.78 is 4.96. The molecule has 2 aliphatic rings. The summed E-state index contributed by atoms with van der Waals surface area (Å²) in [6, 6.07) is 1.94. The molecule has 7 heteroatoms. The smallest absolute Gasteiger partial charge is 0.257 e. The maximum Gasteiger partial charge on any atom is 0.257 e. The molecule has 0 radical (unpaired) electrons. The summed E-state index contributed by atoms with van der Waals surface area (Å²) in [7, 11) is 0. The first-order chi connectivity index (χ1) is 10.7. The Hall–Kier alpha value is -1.53. The molecule has 1 N–H and O–H groups in total. The second kappa shape index (κ2) is 7.84. The summed E-state index contributed by atoms with van der Waals surface area (Å²) in [6.45, 7) is 5.88. The molecular formula is C16H24ClN3O3. The first-order valence-electron chi connectivity index (χ1n) is 7.99. The molecule has 3 rings (SSSR count). The molecule has 2 saturated heterocycles. The fourth-order valence-corrected chi connectivity index (χ4v) is 3.30. The quantitative estimate of drug-likeness (QED) is 0.882. The summed E-state index contributed by atoms with van der Waals surface area (Å²) in [6.07, 6.45) is 4.48. The number of nitrogens with zero attached hydrogens (tertiary/aromatic N) is 2. The topological polar surface area (TPSA) is 65.8 Å². The van der Waals surface area contributed by atoms with Crippen LogP contribution in [0.15, 0.2) is 23.0 Å². The number of rotatable bonds is 2. The van der Waals surface area contributed by atoms with Crippen LogP contribution in [0.3, 0.4) is 0 Å². The molecule has 2 aliphatic heterocycles. The molecule has 0 aliphatic carbocycles. The second-order valence-electron chi connectivity index (χ2n) is 6.16. The molecule has 1 aromatic heterocycles. The lowest BCUT2D eigenvalue weighted by molar-refractivity contribution is -0.139. The third kappa shape index (κ3) is 3.87. The van der Waals surface area contributed by atoms with Gasteiger partial charge in [-0.3, -0.25) is 9.59 Å². The largest absolute Gasteiger partial charge is 0.472 e. The van der Waals surface area contributed by atoms with Gasteiger partial charge in [0.1, 0.15) is 6.26 Å². The molecule has 2 fully saturated rings. The first kappa shape index (κ1) is 17.8. The molecule has 128 valence electrons. The van der Waals surface area contributed by atoms with E-state index in [1.54, 1.807) is 6.07 Å². The van der Waals surface area contributed by atoms with Crippen LogP contribution in [-0.4, -0.2) is 60.4 Å². The number of amides is 2. The summed E-state index contributed by atoms with van der Waals surface area (Å²) in [5.74, 6) is 0.300. The standard InChI is InChI=1S/C16H23N3O3.ClH/c1-12-10-17-5-8-19(12)16(21)13-2-6-18(7-3-13)15(20)14-4-9-22-11-14;/h4,9,11-13,17H,2-3,5-8,10H2,1H3;1H/t12-;/m0./s1. The van der Waals surface area contributed by atoms with E-state index in [9.17, 15) is 9.59 Å². The van der Waals surface area contributed by atoms with Crippen molar-refractivity contribution >= 4 is 24.2 Å². The van der Waals surface area contributed by atoms with Gasteiger partial charge in [0.25, 0.3) is 5.91 Å². The van der Waals surface area contributed by atoms with Crippen molar-refractivity contribution in [3.63, 3.8) is 0 Å². The molecule has 1 atom stereocenters. The van der Waals surface area contributed by atoms with Gasteiger partial charge < -0.3 is 19.5 Å². The third-order valence-electron chi connectivity index (χ3n) is 4.68. The summed E-state index contributed by atoms with van der Waals surface area (Å²) >= 11 is 0. The van der Waals surface area contributed by atoms with Crippen molar-refractivity contribution in [2.75, 3.05) is 32.7 Å². The maximum absolute atomic E-state index is 12.6. The number of furan rings is 1. The Labute approximate surface area is 142 Å². The molecule has 23 heavy (non-hydrogen) atoms. The molecule has 0 saturated carbocycles. The Balaban J connectivity index is 0.00000192. The van der Waals surface area contributed by atoms with E-state index in [0.29, 0.717) is 18.7 Å². The van der Waals surface area contributed by atoms with Gasteiger partial charge in [0, 0.05) is 44.7 Å². The van der Waals surface area contributed by atoms with E-state index < -0.39 is 0 Å². The first-order valence-corrected chi connectivity index (χ1v) is 7.99. The van der Waals surface area contributed by atoms with Crippen LogP contribution < -0.4 is 5.32 Å². The van der Waals surface area contributed by atoms with Gasteiger partial charge in [-0.2, -0.15) is 0 Å². The predicted molar refractivity (Wildman–Crippen MR) is 88.6 cm³/mol. The number of piperazine rings is 1. The number of carbonyl (C=O) groups excluding carboxylic acids is 2. The van der Waals surface area contributed by atoms with Crippen LogP contribution in [-0.2, 0) is 4.79 Å². The summed E-state index contributed by atoms with van der Waals surface area (Å²) in [5.41, 5.74) is 0.584. The van der Waals surface area contributed by atoms with Crippen molar-refractivity contribution in [2.45, 2.75) is 25.8 Å². The lowest BCUT2D eigenvalue weighted by atomic mass is 9.94. The van der Waals surface area contributed by atoms with Gasteiger partial charge in [0.2, 0.25) is 5.91 Å². The SMILES string of the molecule is C[C@H]1CNCCN1C(=O)C1CCN(C(=O)c2ccoc2)CC1.Cl. The fraction of sp³-hybridized carbons (Fsp3) is 0.625. The molecule has 1 aromatic rings. The molecule has 0 spiro atoms. The van der Waals surface area contributed by atoms with Gasteiger partial charge in [-0.25, -0.2) is 0 Å². The van der Waals surface area contributed by atoms with Crippen molar-refractivity contribution in [1.82, 2.24) is 15.1 Å². The average Bonchev–Trinajstić information content (AvgIpc) is 3.09. The van der Waals surface area contributed by atoms with Gasteiger partial charge in [0.15, 0.2) is 0 Å². The summed E-state index contributed by atoms with van der Waals surface area (Å²) in [5, 5.41) is 3.30. The van der Waals surface area contributed by atoms with Crippen LogP contribution in [0.5, 0.6) is 0 Å². The minimum Gasteiger partial charge on any atom is -0.472 e. The molecule has 0 unspecified atom stereocenters. The van der Waals surface area contributed by atoms with E-state index >= 15 is 0 Å². The third-order valence-corrected chi connectivity index (χ3v) is 4.68. The van der Waals surface area contributed by atoms with E-state index in [0.717, 1.165) is 32.5 Å². The van der Waals surface area contributed by atoms with Crippen molar-refractivity contribution < 1.29 is 14.0 Å². The highest BCUT2D eigenvalue weighted by molar-refractivity contribution is 5.94. The zero-order valence-corrected chi connectivity index (χ0v) is 14.2. The maximum atomic E-state index is 12.6. The number of piperidine rings is 1. The lowest BCUT2D eigenvalue weighted by Crippen LogP contribution is -2.55. The van der Waals surface area contributed by atoms with Crippen LogP contribution in [0.4, 0.5) is 0 Å². The molecule has 3 heterocycles. The van der Waals surface area contributed by atoms with Crippen LogP contribution in [0.1, 0.15) is 30.1 Å². The number of hydrogen-bond acceptors (Lipinski definition) is 4. The van der Waals surface area contributed by atoms with Crippen molar-refractivity contribution in [3.05, 3.63) is 24.2 Å². The van der Waals surface area contributed by atoms with Gasteiger partial charge >= 0.3 is 0 Å². The van der Waals surface area contributed by atoms with E-state index in [4.69, 9.17) is 4.42 Å². The van der Waals surface area contributed by atoms with Crippen LogP contribution in [0, 0.1) is 5.92 Å². The zero-order valence-electron chi connectivity index (χ0n) is 13.4. The van der Waals surface area contributed by atoms with Crippen LogP contribution >= 0.6 is 12.4 Å². The number of likely N-dealkylation sites (tertiary alicyclic amines) is 1. The average molecular weight is 342 g/mol. The van der Waals surface area contributed by atoms with Crippen molar-refractivity contribution in [2.24, 2.45) is 5.92 Å². The lowest BCUT2D eigenvalue weighted by Gasteiger charge is -2.39. The normalized spacial score (nSPS) is 22.6. The number of carbonyl (C=O) groups is 2. The van der Waals surface area contributed by atoms with E-state index in [1.807, 2.05) is 9.80 Å². The highest BCUT2D eigenvalue weighted by atomic mass is 35.5. The second-order valence-corrected chi connectivity index (χ2v) is 6.16. The fourth-order valence-electron chi connectivity index (χ4n) is 3.30. The van der Waals surface area contributed by atoms with E-state index in [2.05, 4.69) is 12.2 Å². The summed E-state index contributed by atoms with van der Waals surface area (Å²) in [4.78, 5) is 28.7. The van der Waals surface area contributed by atoms with Crippen LogP contribution in [0.25, 0.3) is 0 Å². The highest BCUT2D eigenvalue weighted by Crippen LogP contribution is 2.22. The Morgan fingerprint density at radius 1 is 1.26 bits per heavy atom. The monoisotopic (exact) mass is 341 g/mol. The Bertz CT molecular complexity index is 527. The minimum atomic E-state index is -0.00445. The Morgan fingerprint density at radius 3 is 2.61 bits per heavy atom. The van der Waals surface area contributed by atoms with E-state index in [1.165, 1.54) is 12.5 Å². The minimum absolute atomic E-state index is 0. The number of hydrogen-bond donors (Lipinski definition) is 1. The van der Waals surface area contributed by atoms with E-state index in [-0.39, 0.29) is 36.2 Å². The number of nitrogens with one attached hydrogen (secondary N) is 1.